The van der Waals surface area contributed by atoms with Crippen LogP contribution in [0.15, 0.2) is 63.7 Å². The molecule has 0 radical (unpaired) electrons. The third-order valence-corrected chi connectivity index (χ3v) is 9.27. The first-order valence-corrected chi connectivity index (χ1v) is 14.0. The molecular weight excluding hydrogens is 563 g/mol. The van der Waals surface area contributed by atoms with Gasteiger partial charge in [0.2, 0.25) is 0 Å². The maximum absolute atomic E-state index is 13.4. The summed E-state index contributed by atoms with van der Waals surface area (Å²) >= 11 is 10.5. The second kappa shape index (κ2) is 10.2. The van der Waals surface area contributed by atoms with Crippen LogP contribution in [0.4, 0.5) is 18.9 Å². The van der Waals surface area contributed by atoms with Gasteiger partial charge in [-0.25, -0.2) is 0 Å². The van der Waals surface area contributed by atoms with Gasteiger partial charge >= 0.3 is 6.36 Å². The summed E-state index contributed by atoms with van der Waals surface area (Å²) in [6, 6.07) is 11.7. The number of hydrogen-bond donors (Lipinski definition) is 0. The predicted octanol–water partition coefficient (Wildman–Crippen LogP) is 5.02. The molecule has 1 aliphatic heterocycles. The van der Waals surface area contributed by atoms with Gasteiger partial charge in [-0.05, 0) is 37.3 Å². The van der Waals surface area contributed by atoms with Gasteiger partial charge in [0, 0.05) is 23.5 Å². The van der Waals surface area contributed by atoms with Gasteiger partial charge in [-0.2, -0.15) is 4.57 Å². The lowest BCUT2D eigenvalue weighted by Gasteiger charge is -2.12. The standard InChI is InChI=1S/C25H20ClF3N3O2S3/c1-3-32-21(37-22(23(32)33)24-30(2)17-9-8-16(26)12-19(17)36-24)13-20-31(10-11-35-20)14-15-6-4-5-7-18(15)34-25(27,28)29/h4-13H,3,14H2,1-2H3/q+1/b24-22+. The molecule has 4 aromatic rings. The van der Waals surface area contributed by atoms with Crippen LogP contribution in [0.25, 0.3) is 11.1 Å². The summed E-state index contributed by atoms with van der Waals surface area (Å²) in [4.78, 5) is 16.4. The van der Waals surface area contributed by atoms with Crippen LogP contribution in [0, 0.1) is 0 Å². The summed E-state index contributed by atoms with van der Waals surface area (Å²) in [7, 11) is 1.93. The van der Waals surface area contributed by atoms with Gasteiger partial charge in [0.05, 0.1) is 22.7 Å². The van der Waals surface area contributed by atoms with Gasteiger partial charge in [-0.15, -0.1) is 24.5 Å². The molecule has 2 aromatic heterocycles. The number of anilines is 1. The Bertz CT molecular complexity index is 1660. The number of benzene rings is 2. The summed E-state index contributed by atoms with van der Waals surface area (Å²) in [5.41, 5.74) is 1.30. The summed E-state index contributed by atoms with van der Waals surface area (Å²) < 4.78 is 47.8. The van der Waals surface area contributed by atoms with E-state index in [0.717, 1.165) is 25.3 Å². The fourth-order valence-electron chi connectivity index (χ4n) is 4.01. The third-order valence-electron chi connectivity index (χ3n) is 5.72. The number of alkyl halides is 3. The zero-order valence-electron chi connectivity index (χ0n) is 19.6. The van der Waals surface area contributed by atoms with Crippen molar-refractivity contribution in [2.45, 2.75) is 31.3 Å². The van der Waals surface area contributed by atoms with Crippen molar-refractivity contribution in [2.24, 2.45) is 0 Å². The first kappa shape index (κ1) is 25.9. The number of thioether (sulfide) groups is 1. The van der Waals surface area contributed by atoms with Crippen molar-refractivity contribution in [3.8, 4) is 5.75 Å². The molecule has 0 unspecified atom stereocenters. The summed E-state index contributed by atoms with van der Waals surface area (Å²) in [5.74, 6) is -0.235. The fourth-order valence-corrected chi connectivity index (χ4v) is 7.60. The lowest BCUT2D eigenvalue weighted by molar-refractivity contribution is -0.685. The number of halogens is 4. The van der Waals surface area contributed by atoms with Crippen LogP contribution in [-0.2, 0) is 13.1 Å². The molecule has 12 heteroatoms. The Morgan fingerprint density at radius 3 is 2.73 bits per heavy atom. The predicted molar refractivity (Wildman–Crippen MR) is 143 cm³/mol. The van der Waals surface area contributed by atoms with Crippen LogP contribution < -0.4 is 29.0 Å². The van der Waals surface area contributed by atoms with E-state index >= 15 is 0 Å². The molecule has 2 aromatic carbocycles. The Labute approximate surface area is 227 Å². The normalized spacial score (nSPS) is 15.4. The molecule has 0 amide bonds. The Balaban J connectivity index is 1.56. The van der Waals surface area contributed by atoms with E-state index in [1.807, 2.05) is 53.1 Å². The van der Waals surface area contributed by atoms with Gasteiger partial charge in [-0.3, -0.25) is 9.36 Å². The average molecular weight is 583 g/mol. The van der Waals surface area contributed by atoms with Gasteiger partial charge < -0.3 is 9.64 Å². The molecule has 1 aliphatic rings. The van der Waals surface area contributed by atoms with Gasteiger partial charge in [0.15, 0.2) is 12.7 Å². The number of fused-ring (bicyclic) bond motifs is 1. The molecule has 0 bridgehead atoms. The number of hydrogen-bond acceptors (Lipinski definition) is 6. The zero-order chi connectivity index (χ0) is 26.3. The molecule has 0 saturated carbocycles. The topological polar surface area (TPSA) is 38.4 Å². The highest BCUT2D eigenvalue weighted by Gasteiger charge is 2.32. The highest BCUT2D eigenvalue weighted by atomic mass is 35.5. The van der Waals surface area contributed by atoms with E-state index in [0.29, 0.717) is 21.7 Å². The van der Waals surface area contributed by atoms with Crippen molar-refractivity contribution in [1.29, 1.82) is 0 Å². The SMILES string of the molecule is CCn1c(=O)/c(=C2\Sc3cc(Cl)ccc3N2C)s/c1=C\c1scc[n+]1Cc1ccccc1OC(F)(F)F. The minimum atomic E-state index is -4.77. The van der Waals surface area contributed by atoms with E-state index in [9.17, 15) is 18.0 Å². The molecule has 5 nitrogen and oxygen atoms in total. The van der Waals surface area contributed by atoms with Crippen LogP contribution in [0.5, 0.6) is 5.75 Å². The second-order valence-corrected chi connectivity index (χ2v) is 11.5. The first-order chi connectivity index (χ1) is 17.6. The first-order valence-electron chi connectivity index (χ1n) is 11.1. The fraction of sp³-hybridized carbons (Fsp3) is 0.200. The number of rotatable bonds is 5. The summed E-state index contributed by atoms with van der Waals surface area (Å²) in [5, 5.41) is 4.13. The average Bonchev–Trinajstić information content (AvgIpc) is 3.50. The third kappa shape index (κ3) is 5.31. The molecule has 0 spiro atoms. The molecule has 0 atom stereocenters. The molecule has 5 rings (SSSR count). The largest absolute Gasteiger partial charge is 0.573 e. The maximum atomic E-state index is 13.4. The number of nitrogens with zero attached hydrogens (tertiary/aromatic N) is 3. The quantitative estimate of drug-likeness (QED) is 0.310. The van der Waals surface area contributed by atoms with Crippen LogP contribution in [-0.4, -0.2) is 18.0 Å². The van der Waals surface area contributed by atoms with Gasteiger partial charge in [0.1, 0.15) is 20.0 Å². The molecule has 0 N–H and O–H groups in total. The highest BCUT2D eigenvalue weighted by molar-refractivity contribution is 8.08. The van der Waals surface area contributed by atoms with Crippen molar-refractivity contribution < 1.29 is 22.5 Å². The van der Waals surface area contributed by atoms with Crippen molar-refractivity contribution >= 4 is 62.8 Å². The lowest BCUT2D eigenvalue weighted by Crippen LogP contribution is -2.36. The van der Waals surface area contributed by atoms with E-state index in [1.165, 1.54) is 46.6 Å². The van der Waals surface area contributed by atoms with Gasteiger partial charge in [0.25, 0.3) is 10.6 Å². The van der Waals surface area contributed by atoms with Crippen molar-refractivity contribution in [3.63, 3.8) is 0 Å². The second-order valence-electron chi connectivity index (χ2n) is 8.07. The zero-order valence-corrected chi connectivity index (χ0v) is 22.8. The van der Waals surface area contributed by atoms with E-state index in [1.54, 1.807) is 22.9 Å². The number of aromatic nitrogens is 2. The Hall–Kier alpha value is -2.73. The number of para-hydroxylation sites is 1. The minimum Gasteiger partial charge on any atom is -0.405 e. The minimum absolute atomic E-state index is 0.0842. The smallest absolute Gasteiger partial charge is 0.405 e. The highest BCUT2D eigenvalue weighted by Crippen LogP contribution is 2.46. The van der Waals surface area contributed by atoms with E-state index in [-0.39, 0.29) is 17.9 Å². The Kier molecular flexibility index (Phi) is 7.14. The van der Waals surface area contributed by atoms with Crippen LogP contribution in [0.3, 0.4) is 0 Å². The monoisotopic (exact) mass is 582 g/mol. The summed E-state index contributed by atoms with van der Waals surface area (Å²) in [6.07, 6.45) is -1.07. The van der Waals surface area contributed by atoms with Crippen LogP contribution in [0.2, 0.25) is 5.02 Å². The Morgan fingerprint density at radius 2 is 1.97 bits per heavy atom. The molecule has 0 fully saturated rings. The number of thiazole rings is 2. The van der Waals surface area contributed by atoms with Crippen molar-refractivity contribution in [3.05, 3.63) is 89.2 Å². The van der Waals surface area contributed by atoms with E-state index in [2.05, 4.69) is 4.74 Å². The molecule has 0 saturated heterocycles. The molecule has 0 aliphatic carbocycles. The molecule has 3 heterocycles. The lowest BCUT2D eigenvalue weighted by atomic mass is 10.2. The maximum Gasteiger partial charge on any atom is 0.573 e. The van der Waals surface area contributed by atoms with E-state index < -0.39 is 6.36 Å². The van der Waals surface area contributed by atoms with E-state index in [4.69, 9.17) is 11.6 Å². The Morgan fingerprint density at radius 1 is 1.19 bits per heavy atom. The summed E-state index contributed by atoms with van der Waals surface area (Å²) in [6.45, 7) is 2.57. The molecular formula is C25H20ClF3N3O2S3+. The molecule has 192 valence electrons. The van der Waals surface area contributed by atoms with Crippen LogP contribution >= 0.6 is 46.0 Å². The van der Waals surface area contributed by atoms with Crippen molar-refractivity contribution in [1.82, 2.24) is 4.57 Å². The van der Waals surface area contributed by atoms with Gasteiger partial charge in [-0.1, -0.05) is 46.8 Å². The molecule has 37 heavy (non-hydrogen) atoms. The van der Waals surface area contributed by atoms with Crippen molar-refractivity contribution in [2.75, 3.05) is 11.9 Å². The number of ether oxygens (including phenoxy) is 1. The van der Waals surface area contributed by atoms with Crippen LogP contribution in [0.1, 0.15) is 17.5 Å².